The number of halogens is 1. The molecule has 0 aliphatic heterocycles. The lowest BCUT2D eigenvalue weighted by Crippen LogP contribution is -2.09. The first-order valence-corrected chi connectivity index (χ1v) is 3.65. The van der Waals surface area contributed by atoms with E-state index < -0.39 is 12.1 Å². The van der Waals surface area contributed by atoms with Gasteiger partial charge in [-0.15, -0.1) is 0 Å². The van der Waals surface area contributed by atoms with E-state index in [4.69, 9.17) is 21.8 Å². The molecule has 0 aliphatic rings. The lowest BCUT2D eigenvalue weighted by molar-refractivity contribution is -0.146. The van der Waals surface area contributed by atoms with Gasteiger partial charge in [0.05, 0.1) is 0 Å². The van der Waals surface area contributed by atoms with Crippen molar-refractivity contribution in [2.45, 2.75) is 6.10 Å². The first kappa shape index (κ1) is 9.03. The number of aliphatic hydroxyl groups is 1. The van der Waals surface area contributed by atoms with Gasteiger partial charge in [0.25, 0.3) is 0 Å². The van der Waals surface area contributed by atoms with Gasteiger partial charge in [0.1, 0.15) is 0 Å². The molecule has 2 N–H and O–H groups in total. The molecule has 0 amide bonds. The molecule has 0 aromatic heterocycles. The number of hydrogen-bond donors (Lipinski definition) is 2. The van der Waals surface area contributed by atoms with E-state index >= 15 is 0 Å². The Morgan fingerprint density at radius 1 is 1.33 bits per heavy atom. The molecule has 0 fully saturated rings. The number of carboxylic acid groups (broad SMARTS) is 1. The van der Waals surface area contributed by atoms with Crippen LogP contribution < -0.4 is 0 Å². The van der Waals surface area contributed by atoms with E-state index in [0.29, 0.717) is 10.6 Å². The van der Waals surface area contributed by atoms with Crippen molar-refractivity contribution in [3.63, 3.8) is 0 Å². The highest BCUT2D eigenvalue weighted by atomic mass is 35.5. The van der Waals surface area contributed by atoms with Crippen molar-refractivity contribution in [2.75, 3.05) is 0 Å². The topological polar surface area (TPSA) is 57.5 Å². The summed E-state index contributed by atoms with van der Waals surface area (Å²) in [5, 5.41) is 18.0. The molecule has 0 saturated carbocycles. The van der Waals surface area contributed by atoms with Crippen molar-refractivity contribution >= 4 is 17.6 Å². The zero-order valence-electron chi connectivity index (χ0n) is 6.07. The van der Waals surface area contributed by atoms with Gasteiger partial charge in [-0.1, -0.05) is 23.7 Å². The third-order valence-corrected chi connectivity index (χ3v) is 1.67. The fourth-order valence-corrected chi connectivity index (χ4v) is 0.914. The van der Waals surface area contributed by atoms with Crippen LogP contribution in [0.5, 0.6) is 0 Å². The van der Waals surface area contributed by atoms with E-state index in [2.05, 4.69) is 0 Å². The monoisotopic (exact) mass is 186 g/mol. The molecule has 0 spiro atoms. The maximum absolute atomic E-state index is 10.3. The second kappa shape index (κ2) is 3.56. The van der Waals surface area contributed by atoms with Gasteiger partial charge < -0.3 is 10.2 Å². The molecular formula is C8H7ClO3. The van der Waals surface area contributed by atoms with Gasteiger partial charge in [0.15, 0.2) is 6.10 Å². The maximum Gasteiger partial charge on any atom is 0.337 e. The lowest BCUT2D eigenvalue weighted by Gasteiger charge is -2.04. The SMILES string of the molecule is O=C(O)[C@H](O)c1ccc(Cl)cc1. The summed E-state index contributed by atoms with van der Waals surface area (Å²) in [5.41, 5.74) is 0.326. The quantitative estimate of drug-likeness (QED) is 0.735. The lowest BCUT2D eigenvalue weighted by atomic mass is 10.1. The summed E-state index contributed by atoms with van der Waals surface area (Å²) in [6.45, 7) is 0. The summed E-state index contributed by atoms with van der Waals surface area (Å²) in [6.07, 6.45) is -1.47. The molecule has 0 heterocycles. The number of carboxylic acids is 1. The van der Waals surface area contributed by atoms with Crippen LogP contribution in [0.3, 0.4) is 0 Å². The van der Waals surface area contributed by atoms with Crippen LogP contribution in [0.25, 0.3) is 0 Å². The largest absolute Gasteiger partial charge is 0.479 e. The van der Waals surface area contributed by atoms with E-state index in [0.717, 1.165) is 0 Å². The Balaban J connectivity index is 2.89. The smallest absolute Gasteiger partial charge is 0.337 e. The zero-order valence-corrected chi connectivity index (χ0v) is 6.82. The van der Waals surface area contributed by atoms with Crippen molar-refractivity contribution in [1.29, 1.82) is 0 Å². The minimum absolute atomic E-state index is 0.326. The van der Waals surface area contributed by atoms with Crippen molar-refractivity contribution < 1.29 is 15.0 Å². The fraction of sp³-hybridized carbons (Fsp3) is 0.125. The second-order valence-corrected chi connectivity index (χ2v) is 2.73. The molecule has 64 valence electrons. The van der Waals surface area contributed by atoms with Crippen LogP contribution >= 0.6 is 11.6 Å². The van der Waals surface area contributed by atoms with Gasteiger partial charge in [-0.3, -0.25) is 0 Å². The van der Waals surface area contributed by atoms with Gasteiger partial charge in [-0.25, -0.2) is 4.79 Å². The average Bonchev–Trinajstić information content (AvgIpc) is 2.04. The molecule has 0 saturated heterocycles. The highest BCUT2D eigenvalue weighted by Crippen LogP contribution is 2.16. The fourth-order valence-electron chi connectivity index (χ4n) is 0.788. The number of aliphatic hydroxyl groups excluding tert-OH is 1. The van der Waals surface area contributed by atoms with E-state index in [1.165, 1.54) is 24.3 Å². The normalized spacial score (nSPS) is 12.5. The number of carbonyl (C=O) groups is 1. The predicted octanol–water partition coefficient (Wildman–Crippen LogP) is 1.46. The number of aliphatic carboxylic acids is 1. The van der Waals surface area contributed by atoms with Crippen LogP contribution in [0.15, 0.2) is 24.3 Å². The minimum atomic E-state index is -1.47. The van der Waals surface area contributed by atoms with Gasteiger partial charge in [-0.05, 0) is 17.7 Å². The summed E-state index contributed by atoms with van der Waals surface area (Å²) < 4.78 is 0. The standard InChI is InChI=1S/C8H7ClO3/c9-6-3-1-5(2-4-6)7(10)8(11)12/h1-4,7,10H,(H,11,12)/t7-/m1/s1. The Morgan fingerprint density at radius 3 is 2.25 bits per heavy atom. The first-order chi connectivity index (χ1) is 5.61. The zero-order chi connectivity index (χ0) is 9.14. The van der Waals surface area contributed by atoms with Crippen LogP contribution in [0.2, 0.25) is 5.02 Å². The Kier molecular flexibility index (Phi) is 2.68. The molecule has 3 nitrogen and oxygen atoms in total. The summed E-state index contributed by atoms with van der Waals surface area (Å²) in [7, 11) is 0. The van der Waals surface area contributed by atoms with E-state index in [9.17, 15) is 4.79 Å². The number of rotatable bonds is 2. The number of benzene rings is 1. The van der Waals surface area contributed by atoms with Crippen LogP contribution in [-0.4, -0.2) is 16.2 Å². The molecule has 1 aromatic rings. The van der Waals surface area contributed by atoms with Crippen molar-refractivity contribution in [2.24, 2.45) is 0 Å². The molecular weight excluding hydrogens is 180 g/mol. The second-order valence-electron chi connectivity index (χ2n) is 2.29. The molecule has 0 bridgehead atoms. The van der Waals surface area contributed by atoms with Gasteiger partial charge in [-0.2, -0.15) is 0 Å². The molecule has 1 atom stereocenters. The summed E-state index contributed by atoms with van der Waals surface area (Å²) in [5.74, 6) is -1.27. The highest BCUT2D eigenvalue weighted by molar-refractivity contribution is 6.30. The van der Waals surface area contributed by atoms with Crippen LogP contribution in [0.1, 0.15) is 11.7 Å². The van der Waals surface area contributed by atoms with Gasteiger partial charge in [0, 0.05) is 5.02 Å². The molecule has 1 aromatic carbocycles. The van der Waals surface area contributed by atoms with E-state index in [1.54, 1.807) is 0 Å². The Hall–Kier alpha value is -1.06. The van der Waals surface area contributed by atoms with E-state index in [1.807, 2.05) is 0 Å². The molecule has 1 rings (SSSR count). The van der Waals surface area contributed by atoms with Crippen LogP contribution in [-0.2, 0) is 4.79 Å². The summed E-state index contributed by atoms with van der Waals surface area (Å²) in [4.78, 5) is 10.3. The third-order valence-electron chi connectivity index (χ3n) is 1.42. The molecule has 4 heteroatoms. The molecule has 0 radical (unpaired) electrons. The molecule has 0 unspecified atom stereocenters. The summed E-state index contributed by atoms with van der Waals surface area (Å²) >= 11 is 5.57. The minimum Gasteiger partial charge on any atom is -0.479 e. The maximum atomic E-state index is 10.3. The third kappa shape index (κ3) is 1.96. The van der Waals surface area contributed by atoms with Crippen molar-refractivity contribution in [1.82, 2.24) is 0 Å². The molecule has 0 aliphatic carbocycles. The Labute approximate surface area is 74.2 Å². The van der Waals surface area contributed by atoms with Gasteiger partial charge >= 0.3 is 5.97 Å². The number of hydrogen-bond acceptors (Lipinski definition) is 2. The Morgan fingerprint density at radius 2 is 1.83 bits per heavy atom. The molecule has 12 heavy (non-hydrogen) atoms. The van der Waals surface area contributed by atoms with Crippen molar-refractivity contribution in [3.05, 3.63) is 34.9 Å². The van der Waals surface area contributed by atoms with E-state index in [-0.39, 0.29) is 0 Å². The predicted molar refractivity (Wildman–Crippen MR) is 44.0 cm³/mol. The first-order valence-electron chi connectivity index (χ1n) is 3.27. The van der Waals surface area contributed by atoms with Gasteiger partial charge in [0.2, 0.25) is 0 Å². The average molecular weight is 187 g/mol. The highest BCUT2D eigenvalue weighted by Gasteiger charge is 2.14. The van der Waals surface area contributed by atoms with Crippen LogP contribution in [0, 0.1) is 0 Å². The van der Waals surface area contributed by atoms with Crippen LogP contribution in [0.4, 0.5) is 0 Å². The summed E-state index contributed by atoms with van der Waals surface area (Å²) in [6, 6.07) is 6.01. The van der Waals surface area contributed by atoms with Crippen molar-refractivity contribution in [3.8, 4) is 0 Å². The Bertz CT molecular complexity index is 281.